The van der Waals surface area contributed by atoms with Crippen molar-refractivity contribution in [2.45, 2.75) is 46.3 Å². The molecule has 0 aromatic carbocycles. The molecule has 1 N–H and O–H groups in total. The number of aliphatic hydroxyl groups is 1. The van der Waals surface area contributed by atoms with E-state index in [4.69, 9.17) is 0 Å². The van der Waals surface area contributed by atoms with E-state index in [0.717, 1.165) is 18.8 Å². The zero-order valence-electron chi connectivity index (χ0n) is 11.0. The first kappa shape index (κ1) is 13.2. The quantitative estimate of drug-likeness (QED) is 0.824. The Bertz CT molecular complexity index is 344. The lowest BCUT2D eigenvalue weighted by Gasteiger charge is -2.33. The van der Waals surface area contributed by atoms with E-state index >= 15 is 0 Å². The third kappa shape index (κ3) is 2.83. The second-order valence-electron chi connectivity index (χ2n) is 4.92. The number of likely N-dealkylation sites (N-methyl/N-ethyl adjacent to an activating group) is 1. The van der Waals surface area contributed by atoms with Crippen LogP contribution >= 0.6 is 0 Å². The van der Waals surface area contributed by atoms with Gasteiger partial charge >= 0.3 is 0 Å². The Morgan fingerprint density at radius 1 is 1.50 bits per heavy atom. The molecular weight excluding hydrogens is 202 g/mol. The highest BCUT2D eigenvalue weighted by atomic mass is 16.3. The minimum Gasteiger partial charge on any atom is -0.394 e. The van der Waals surface area contributed by atoms with Crippen LogP contribution in [0.1, 0.15) is 32.2 Å². The molecule has 1 aromatic rings. The Labute approximate surface area is 97.9 Å². The van der Waals surface area contributed by atoms with Gasteiger partial charge in [0.05, 0.1) is 18.0 Å². The van der Waals surface area contributed by atoms with Crippen molar-refractivity contribution in [2.24, 2.45) is 0 Å². The average Bonchev–Trinajstić information content (AvgIpc) is 2.58. The van der Waals surface area contributed by atoms with Crippen molar-refractivity contribution in [2.75, 3.05) is 13.7 Å². The number of nitrogens with zero attached hydrogens (tertiary/aromatic N) is 3. The van der Waals surface area contributed by atoms with Gasteiger partial charge < -0.3 is 5.11 Å². The van der Waals surface area contributed by atoms with Crippen LogP contribution in [0.3, 0.4) is 0 Å². The molecule has 16 heavy (non-hydrogen) atoms. The van der Waals surface area contributed by atoms with Crippen LogP contribution in [0.5, 0.6) is 0 Å². The molecule has 1 rings (SSSR count). The molecule has 0 amide bonds. The smallest absolute Gasteiger partial charge is 0.0610 e. The lowest BCUT2D eigenvalue weighted by molar-refractivity contribution is 0.0713. The van der Waals surface area contributed by atoms with E-state index in [1.807, 2.05) is 32.5 Å². The largest absolute Gasteiger partial charge is 0.394 e. The van der Waals surface area contributed by atoms with Crippen molar-refractivity contribution < 1.29 is 5.11 Å². The third-order valence-electron chi connectivity index (χ3n) is 3.10. The van der Waals surface area contributed by atoms with Gasteiger partial charge in [-0.3, -0.25) is 9.58 Å². The van der Waals surface area contributed by atoms with Crippen LogP contribution in [0.4, 0.5) is 0 Å². The van der Waals surface area contributed by atoms with Gasteiger partial charge in [-0.25, -0.2) is 0 Å². The van der Waals surface area contributed by atoms with Crippen molar-refractivity contribution in [1.82, 2.24) is 14.7 Å². The van der Waals surface area contributed by atoms with E-state index in [1.54, 1.807) is 0 Å². The van der Waals surface area contributed by atoms with Crippen molar-refractivity contribution in [3.05, 3.63) is 17.5 Å². The van der Waals surface area contributed by atoms with Crippen LogP contribution in [0.25, 0.3) is 0 Å². The summed E-state index contributed by atoms with van der Waals surface area (Å²) in [5.41, 5.74) is 2.05. The number of rotatable bonds is 5. The highest BCUT2D eigenvalue weighted by Gasteiger charge is 2.23. The number of aromatic nitrogens is 2. The Balaban J connectivity index is 2.80. The fraction of sp³-hybridized carbons (Fsp3) is 0.750. The van der Waals surface area contributed by atoms with Gasteiger partial charge in [-0.05, 0) is 40.8 Å². The number of aryl methyl sites for hydroxylation is 2. The zero-order chi connectivity index (χ0) is 12.3. The maximum absolute atomic E-state index is 9.31. The topological polar surface area (TPSA) is 41.3 Å². The van der Waals surface area contributed by atoms with Gasteiger partial charge in [-0.2, -0.15) is 5.10 Å². The summed E-state index contributed by atoms with van der Waals surface area (Å²) >= 11 is 0. The minimum atomic E-state index is -0.198. The van der Waals surface area contributed by atoms with E-state index in [9.17, 15) is 5.11 Å². The van der Waals surface area contributed by atoms with E-state index in [1.165, 1.54) is 5.69 Å². The SMILES string of the molecule is CCn1nc(C)cc1CN(C)C(C)(C)CO. The summed E-state index contributed by atoms with van der Waals surface area (Å²) in [5.74, 6) is 0. The molecule has 4 heteroatoms. The Morgan fingerprint density at radius 3 is 2.62 bits per heavy atom. The van der Waals surface area contributed by atoms with Crippen LogP contribution in [0, 0.1) is 6.92 Å². The normalized spacial score (nSPS) is 12.4. The van der Waals surface area contributed by atoms with Gasteiger partial charge in [-0.1, -0.05) is 0 Å². The highest BCUT2D eigenvalue weighted by molar-refractivity contribution is 5.09. The third-order valence-corrected chi connectivity index (χ3v) is 3.10. The molecule has 0 unspecified atom stereocenters. The lowest BCUT2D eigenvalue weighted by Crippen LogP contribution is -2.44. The summed E-state index contributed by atoms with van der Waals surface area (Å²) in [4.78, 5) is 2.15. The molecule has 1 aromatic heterocycles. The fourth-order valence-electron chi connectivity index (χ4n) is 1.58. The Hall–Kier alpha value is -0.870. The predicted molar refractivity (Wildman–Crippen MR) is 65.3 cm³/mol. The molecule has 0 radical (unpaired) electrons. The monoisotopic (exact) mass is 225 g/mol. The van der Waals surface area contributed by atoms with Gasteiger partial charge in [0.15, 0.2) is 0 Å². The molecule has 0 bridgehead atoms. The van der Waals surface area contributed by atoms with Gasteiger partial charge in [0.25, 0.3) is 0 Å². The Morgan fingerprint density at radius 2 is 2.12 bits per heavy atom. The predicted octanol–water partition coefficient (Wildman–Crippen LogP) is 1.41. The first-order valence-corrected chi connectivity index (χ1v) is 5.76. The minimum absolute atomic E-state index is 0.156. The molecule has 0 aliphatic heterocycles. The summed E-state index contributed by atoms with van der Waals surface area (Å²) in [7, 11) is 2.03. The molecule has 0 spiro atoms. The highest BCUT2D eigenvalue weighted by Crippen LogP contribution is 2.15. The summed E-state index contributed by atoms with van der Waals surface area (Å²) in [6, 6.07) is 2.10. The maximum atomic E-state index is 9.31. The van der Waals surface area contributed by atoms with Crippen LogP contribution in [0.15, 0.2) is 6.07 Å². The van der Waals surface area contributed by atoms with E-state index in [2.05, 4.69) is 23.0 Å². The molecule has 1 heterocycles. The zero-order valence-corrected chi connectivity index (χ0v) is 11.0. The van der Waals surface area contributed by atoms with Crippen molar-refractivity contribution in [3.8, 4) is 0 Å². The van der Waals surface area contributed by atoms with Crippen molar-refractivity contribution in [3.63, 3.8) is 0 Å². The van der Waals surface area contributed by atoms with Gasteiger partial charge in [0.1, 0.15) is 0 Å². The molecule has 0 aliphatic carbocycles. The molecule has 0 saturated heterocycles. The molecule has 4 nitrogen and oxygen atoms in total. The van der Waals surface area contributed by atoms with Crippen LogP contribution in [0.2, 0.25) is 0 Å². The lowest BCUT2D eigenvalue weighted by atomic mass is 10.1. The fourth-order valence-corrected chi connectivity index (χ4v) is 1.58. The second-order valence-corrected chi connectivity index (χ2v) is 4.92. The molecular formula is C12H23N3O. The number of hydrogen-bond acceptors (Lipinski definition) is 3. The average molecular weight is 225 g/mol. The molecule has 92 valence electrons. The van der Waals surface area contributed by atoms with Gasteiger partial charge in [0, 0.05) is 18.6 Å². The van der Waals surface area contributed by atoms with E-state index < -0.39 is 0 Å². The first-order chi connectivity index (χ1) is 7.40. The summed E-state index contributed by atoms with van der Waals surface area (Å²) in [6.45, 7) is 10.0. The summed E-state index contributed by atoms with van der Waals surface area (Å²) in [5, 5.41) is 13.7. The van der Waals surface area contributed by atoms with Gasteiger partial charge in [-0.15, -0.1) is 0 Å². The van der Waals surface area contributed by atoms with Crippen molar-refractivity contribution in [1.29, 1.82) is 0 Å². The summed E-state index contributed by atoms with van der Waals surface area (Å²) < 4.78 is 2.01. The van der Waals surface area contributed by atoms with Crippen LogP contribution in [-0.2, 0) is 13.1 Å². The van der Waals surface area contributed by atoms with E-state index in [0.29, 0.717) is 0 Å². The second kappa shape index (κ2) is 4.97. The maximum Gasteiger partial charge on any atom is 0.0610 e. The summed E-state index contributed by atoms with van der Waals surface area (Å²) in [6.07, 6.45) is 0. The van der Waals surface area contributed by atoms with E-state index in [-0.39, 0.29) is 12.1 Å². The molecule has 0 atom stereocenters. The van der Waals surface area contributed by atoms with Crippen LogP contribution < -0.4 is 0 Å². The molecule has 0 saturated carbocycles. The van der Waals surface area contributed by atoms with Crippen LogP contribution in [-0.4, -0.2) is 39.0 Å². The number of aliphatic hydroxyl groups excluding tert-OH is 1. The Kier molecular flexibility index (Phi) is 4.10. The first-order valence-electron chi connectivity index (χ1n) is 5.76. The standard InChI is InChI=1S/C12H23N3O/c1-6-15-11(7-10(2)13-15)8-14(5)12(3,4)9-16/h7,16H,6,8-9H2,1-5H3. The van der Waals surface area contributed by atoms with Gasteiger partial charge in [0.2, 0.25) is 0 Å². The molecule has 0 aliphatic rings. The number of hydrogen-bond donors (Lipinski definition) is 1. The van der Waals surface area contributed by atoms with Crippen molar-refractivity contribution >= 4 is 0 Å². The molecule has 0 fully saturated rings.